The van der Waals surface area contributed by atoms with Crippen molar-refractivity contribution in [2.45, 2.75) is 31.7 Å². The molecule has 2 rings (SSSR count). The van der Waals surface area contributed by atoms with Crippen LogP contribution in [0.4, 0.5) is 0 Å². The van der Waals surface area contributed by atoms with Crippen molar-refractivity contribution in [2.24, 2.45) is 0 Å². The molecule has 0 amide bonds. The van der Waals surface area contributed by atoms with E-state index in [1.807, 2.05) is 0 Å². The van der Waals surface area contributed by atoms with Crippen LogP contribution in [0.5, 0.6) is 0 Å². The third-order valence-electron chi connectivity index (χ3n) is 2.54. The van der Waals surface area contributed by atoms with Crippen LogP contribution in [0.2, 0.25) is 0 Å². The van der Waals surface area contributed by atoms with E-state index < -0.39 is 0 Å². The lowest BCUT2D eigenvalue weighted by molar-refractivity contribution is 0.285. The maximum absolute atomic E-state index is 8.71. The molecule has 1 aliphatic heterocycles. The fourth-order valence-electron chi connectivity index (χ4n) is 1.81. The second-order valence-electron chi connectivity index (χ2n) is 3.69. The predicted octanol–water partition coefficient (Wildman–Crippen LogP) is 0.504. The minimum absolute atomic E-state index is 0.121. The Morgan fingerprint density at radius 2 is 2.57 bits per heavy atom. The molecule has 0 aliphatic carbocycles. The largest absolute Gasteiger partial charge is 0.446 e. The van der Waals surface area contributed by atoms with Crippen LogP contribution in [0.1, 0.15) is 24.5 Å². The molecular weight excluding hydrogens is 180 g/mol. The van der Waals surface area contributed by atoms with Gasteiger partial charge in [-0.2, -0.15) is 0 Å². The summed E-state index contributed by atoms with van der Waals surface area (Å²) >= 11 is 0. The van der Waals surface area contributed by atoms with Crippen LogP contribution >= 0.6 is 0 Å². The molecule has 0 saturated carbocycles. The first kappa shape index (κ1) is 9.68. The summed E-state index contributed by atoms with van der Waals surface area (Å²) in [6, 6.07) is 0.524. The smallest absolute Gasteiger partial charge is 0.195 e. The lowest BCUT2D eigenvalue weighted by Crippen LogP contribution is -2.23. The van der Waals surface area contributed by atoms with Crippen LogP contribution in [0.15, 0.2) is 10.6 Å². The second kappa shape index (κ2) is 4.57. The topological polar surface area (TPSA) is 58.3 Å². The Morgan fingerprint density at radius 1 is 1.64 bits per heavy atom. The van der Waals surface area contributed by atoms with E-state index in [1.165, 1.54) is 12.8 Å². The van der Waals surface area contributed by atoms with Crippen LogP contribution in [0.25, 0.3) is 0 Å². The molecule has 0 spiro atoms. The van der Waals surface area contributed by atoms with Crippen LogP contribution < -0.4 is 5.32 Å². The summed E-state index contributed by atoms with van der Waals surface area (Å²) in [6.45, 7) is 1.23. The molecule has 1 aromatic heterocycles. The van der Waals surface area contributed by atoms with E-state index in [-0.39, 0.29) is 6.61 Å². The van der Waals surface area contributed by atoms with E-state index in [4.69, 9.17) is 9.52 Å². The molecule has 78 valence electrons. The van der Waals surface area contributed by atoms with Crippen molar-refractivity contribution in [3.63, 3.8) is 0 Å². The van der Waals surface area contributed by atoms with Crippen LogP contribution in [-0.4, -0.2) is 29.3 Å². The Morgan fingerprint density at radius 3 is 3.29 bits per heavy atom. The Hall–Kier alpha value is -0.870. The lowest BCUT2D eigenvalue weighted by atomic mass is 10.2. The molecule has 0 radical (unpaired) electrons. The van der Waals surface area contributed by atoms with Gasteiger partial charge in [0.15, 0.2) is 5.89 Å². The average molecular weight is 196 g/mol. The van der Waals surface area contributed by atoms with E-state index in [2.05, 4.69) is 10.3 Å². The number of nitrogens with zero attached hydrogens (tertiary/aromatic N) is 1. The molecule has 4 heteroatoms. The fraction of sp³-hybridized carbons (Fsp3) is 0.700. The maximum Gasteiger partial charge on any atom is 0.195 e. The van der Waals surface area contributed by atoms with Crippen molar-refractivity contribution < 1.29 is 9.52 Å². The summed E-state index contributed by atoms with van der Waals surface area (Å²) in [6.07, 6.45) is 5.59. The molecule has 1 saturated heterocycles. The Labute approximate surface area is 83.3 Å². The van der Waals surface area contributed by atoms with Crippen molar-refractivity contribution in [2.75, 3.05) is 13.2 Å². The number of oxazole rings is 1. The summed E-state index contributed by atoms with van der Waals surface area (Å²) < 4.78 is 5.47. The first-order valence-electron chi connectivity index (χ1n) is 5.16. The molecular formula is C10H16N2O2. The quantitative estimate of drug-likeness (QED) is 0.736. The van der Waals surface area contributed by atoms with Gasteiger partial charge in [-0.15, -0.1) is 0 Å². The number of rotatable bonds is 4. The van der Waals surface area contributed by atoms with Gasteiger partial charge in [0, 0.05) is 18.9 Å². The van der Waals surface area contributed by atoms with Gasteiger partial charge in [-0.1, -0.05) is 0 Å². The van der Waals surface area contributed by atoms with Crippen LogP contribution in [0.3, 0.4) is 0 Å². The van der Waals surface area contributed by atoms with Gasteiger partial charge in [-0.25, -0.2) is 4.98 Å². The van der Waals surface area contributed by atoms with Crippen molar-refractivity contribution in [3.05, 3.63) is 17.8 Å². The number of nitrogens with one attached hydrogen (secondary N) is 1. The SMILES string of the molecule is OCCc1cnc(CC2CCCN2)o1. The predicted molar refractivity (Wildman–Crippen MR) is 52.0 cm³/mol. The molecule has 1 unspecified atom stereocenters. The number of hydrogen-bond donors (Lipinski definition) is 2. The standard InChI is InChI=1S/C10H16N2O2/c13-5-3-9-7-12-10(14-9)6-8-2-1-4-11-8/h7-8,11,13H,1-6H2. The Bertz CT molecular complexity index is 279. The van der Waals surface area contributed by atoms with Crippen molar-refractivity contribution in [3.8, 4) is 0 Å². The highest BCUT2D eigenvalue weighted by atomic mass is 16.4. The number of hydrogen-bond acceptors (Lipinski definition) is 4. The molecule has 1 aliphatic rings. The molecule has 1 fully saturated rings. The molecule has 1 aromatic rings. The lowest BCUT2D eigenvalue weighted by Gasteiger charge is -2.05. The van der Waals surface area contributed by atoms with Crippen LogP contribution in [-0.2, 0) is 12.8 Å². The monoisotopic (exact) mass is 196 g/mol. The Balaban J connectivity index is 1.88. The molecule has 14 heavy (non-hydrogen) atoms. The first-order valence-corrected chi connectivity index (χ1v) is 5.16. The van der Waals surface area contributed by atoms with E-state index >= 15 is 0 Å². The third kappa shape index (κ3) is 2.33. The molecule has 4 nitrogen and oxygen atoms in total. The van der Waals surface area contributed by atoms with E-state index in [0.29, 0.717) is 12.5 Å². The third-order valence-corrected chi connectivity index (χ3v) is 2.54. The molecule has 0 aromatic carbocycles. The summed E-state index contributed by atoms with van der Waals surface area (Å²) in [4.78, 5) is 4.18. The van der Waals surface area contributed by atoms with Crippen molar-refractivity contribution in [1.82, 2.24) is 10.3 Å². The summed E-state index contributed by atoms with van der Waals surface area (Å²) in [5.41, 5.74) is 0. The average Bonchev–Trinajstić information content (AvgIpc) is 2.79. The molecule has 1 atom stereocenters. The zero-order chi connectivity index (χ0) is 9.80. The normalized spacial score (nSPS) is 21.6. The summed E-state index contributed by atoms with van der Waals surface area (Å²) in [7, 11) is 0. The van der Waals surface area contributed by atoms with Gasteiger partial charge in [0.2, 0.25) is 0 Å². The molecule has 2 N–H and O–H groups in total. The van der Waals surface area contributed by atoms with E-state index in [1.54, 1.807) is 6.20 Å². The van der Waals surface area contributed by atoms with Gasteiger partial charge in [0.1, 0.15) is 5.76 Å². The van der Waals surface area contributed by atoms with E-state index in [0.717, 1.165) is 24.6 Å². The first-order chi connectivity index (χ1) is 6.88. The maximum atomic E-state index is 8.71. The number of aliphatic hydroxyl groups excluding tert-OH is 1. The van der Waals surface area contributed by atoms with Gasteiger partial charge in [0.05, 0.1) is 12.8 Å². The van der Waals surface area contributed by atoms with E-state index in [9.17, 15) is 0 Å². The highest BCUT2D eigenvalue weighted by molar-refractivity contribution is 4.96. The summed E-state index contributed by atoms with van der Waals surface area (Å²) in [5, 5.41) is 12.1. The zero-order valence-corrected chi connectivity index (χ0v) is 8.20. The highest BCUT2D eigenvalue weighted by Gasteiger charge is 2.16. The van der Waals surface area contributed by atoms with Crippen LogP contribution in [0, 0.1) is 0 Å². The number of aliphatic hydroxyl groups is 1. The van der Waals surface area contributed by atoms with Crippen molar-refractivity contribution in [1.29, 1.82) is 0 Å². The minimum Gasteiger partial charge on any atom is -0.446 e. The summed E-state index contributed by atoms with van der Waals surface area (Å²) in [5.74, 6) is 1.56. The van der Waals surface area contributed by atoms with Crippen molar-refractivity contribution >= 4 is 0 Å². The van der Waals surface area contributed by atoms with Gasteiger partial charge >= 0.3 is 0 Å². The highest BCUT2D eigenvalue weighted by Crippen LogP contribution is 2.12. The fourth-order valence-corrected chi connectivity index (χ4v) is 1.81. The Kier molecular flexibility index (Phi) is 3.16. The zero-order valence-electron chi connectivity index (χ0n) is 8.20. The van der Waals surface area contributed by atoms with Gasteiger partial charge in [-0.05, 0) is 19.4 Å². The number of aromatic nitrogens is 1. The van der Waals surface area contributed by atoms with Gasteiger partial charge < -0.3 is 14.8 Å². The molecule has 0 bridgehead atoms. The minimum atomic E-state index is 0.121. The van der Waals surface area contributed by atoms with Gasteiger partial charge in [0.25, 0.3) is 0 Å². The van der Waals surface area contributed by atoms with Gasteiger partial charge in [-0.3, -0.25) is 0 Å². The molecule has 2 heterocycles. The second-order valence-corrected chi connectivity index (χ2v) is 3.69.